The second-order valence-electron chi connectivity index (χ2n) is 4.02. The molecule has 3 rings (SSSR count). The first-order valence-electron chi connectivity index (χ1n) is 4.62. The molecule has 0 radical (unpaired) electrons. The molecule has 0 saturated heterocycles. The van der Waals surface area contributed by atoms with Crippen molar-refractivity contribution in [2.45, 2.75) is 44.6 Å². The average molecular weight is 139 g/mol. The van der Waals surface area contributed by atoms with Crippen molar-refractivity contribution in [2.24, 2.45) is 17.6 Å². The molecule has 0 spiro atoms. The zero-order chi connectivity index (χ0) is 6.97. The average Bonchev–Trinajstić information content (AvgIpc) is 2.24. The normalized spacial score (nSPS) is 47.1. The van der Waals surface area contributed by atoms with E-state index < -0.39 is 0 Å². The molecule has 3 saturated carbocycles. The van der Waals surface area contributed by atoms with E-state index in [0.717, 1.165) is 11.8 Å². The lowest BCUT2D eigenvalue weighted by Gasteiger charge is -2.24. The van der Waals surface area contributed by atoms with Crippen molar-refractivity contribution in [3.63, 3.8) is 0 Å². The van der Waals surface area contributed by atoms with Crippen molar-refractivity contribution in [2.75, 3.05) is 0 Å². The Morgan fingerprint density at radius 1 is 0.800 bits per heavy atom. The largest absolute Gasteiger partial charge is 0.327 e. The van der Waals surface area contributed by atoms with Gasteiger partial charge in [-0.05, 0) is 37.5 Å². The highest BCUT2D eigenvalue weighted by atomic mass is 14.7. The minimum atomic E-state index is 0.549. The molecule has 58 valence electrons. The zero-order valence-electron chi connectivity index (χ0n) is 6.55. The molecular formula is C9H17N. The predicted molar refractivity (Wildman–Crippen MR) is 42.7 cm³/mol. The third kappa shape index (κ3) is 1.07. The molecule has 2 N–H and O–H groups in total. The van der Waals surface area contributed by atoms with E-state index in [2.05, 4.69) is 0 Å². The summed E-state index contributed by atoms with van der Waals surface area (Å²) in [6.45, 7) is 0. The first kappa shape index (κ1) is 6.66. The highest BCUT2D eigenvalue weighted by Crippen LogP contribution is 2.38. The van der Waals surface area contributed by atoms with Crippen molar-refractivity contribution in [3.8, 4) is 0 Å². The molecule has 1 nitrogen and oxygen atoms in total. The van der Waals surface area contributed by atoms with Crippen molar-refractivity contribution < 1.29 is 0 Å². The Morgan fingerprint density at radius 2 is 1.40 bits per heavy atom. The van der Waals surface area contributed by atoms with Crippen LogP contribution in [-0.4, -0.2) is 6.04 Å². The van der Waals surface area contributed by atoms with Crippen LogP contribution in [0.15, 0.2) is 0 Å². The van der Waals surface area contributed by atoms with Crippen molar-refractivity contribution in [1.29, 1.82) is 0 Å². The van der Waals surface area contributed by atoms with Crippen LogP contribution in [0.4, 0.5) is 0 Å². The van der Waals surface area contributed by atoms with Crippen molar-refractivity contribution in [1.82, 2.24) is 0 Å². The fourth-order valence-electron chi connectivity index (χ4n) is 2.57. The molecule has 0 aromatic carbocycles. The molecule has 0 aromatic rings. The summed E-state index contributed by atoms with van der Waals surface area (Å²) >= 11 is 0. The summed E-state index contributed by atoms with van der Waals surface area (Å²) in [6, 6.07) is 0.549. The van der Waals surface area contributed by atoms with Gasteiger partial charge in [-0.1, -0.05) is 12.8 Å². The Bertz CT molecular complexity index is 114. The minimum absolute atomic E-state index is 0.549. The van der Waals surface area contributed by atoms with E-state index in [4.69, 9.17) is 5.73 Å². The van der Waals surface area contributed by atoms with Crippen LogP contribution in [0.1, 0.15) is 38.5 Å². The molecule has 3 aliphatic rings. The van der Waals surface area contributed by atoms with Crippen LogP contribution in [0.25, 0.3) is 0 Å². The predicted octanol–water partition coefficient (Wildman–Crippen LogP) is 1.91. The maximum Gasteiger partial charge on any atom is 0.00672 e. The van der Waals surface area contributed by atoms with E-state index in [1.54, 1.807) is 0 Å². The second-order valence-corrected chi connectivity index (χ2v) is 4.02. The summed E-state index contributed by atoms with van der Waals surface area (Å²) in [5.41, 5.74) is 6.02. The molecule has 1 atom stereocenters. The molecule has 0 aliphatic heterocycles. The molecule has 0 heterocycles. The first-order chi connectivity index (χ1) is 4.86. The standard InChI is InChI=1S/C9H17N/c10-9-6-3-7-1-4-8(9)5-2-7/h7-9H,1-6,10H2/t7?,8?,9-/m0/s1. The molecule has 0 amide bonds. The maximum absolute atomic E-state index is 6.02. The lowest BCUT2D eigenvalue weighted by atomic mass is 9.83. The van der Waals surface area contributed by atoms with Crippen LogP contribution in [0.2, 0.25) is 0 Å². The van der Waals surface area contributed by atoms with Crippen LogP contribution >= 0.6 is 0 Å². The number of rotatable bonds is 0. The fourth-order valence-corrected chi connectivity index (χ4v) is 2.57. The van der Waals surface area contributed by atoms with Gasteiger partial charge in [0.15, 0.2) is 0 Å². The zero-order valence-corrected chi connectivity index (χ0v) is 6.55. The lowest BCUT2D eigenvalue weighted by Crippen LogP contribution is -2.28. The van der Waals surface area contributed by atoms with E-state index in [0.29, 0.717) is 6.04 Å². The van der Waals surface area contributed by atoms with E-state index in [1.165, 1.54) is 38.5 Å². The summed E-state index contributed by atoms with van der Waals surface area (Å²) in [5.74, 6) is 1.93. The smallest absolute Gasteiger partial charge is 0.00672 e. The summed E-state index contributed by atoms with van der Waals surface area (Å²) in [5, 5.41) is 0. The second kappa shape index (κ2) is 2.54. The van der Waals surface area contributed by atoms with Gasteiger partial charge < -0.3 is 5.73 Å². The van der Waals surface area contributed by atoms with Crippen LogP contribution in [0.5, 0.6) is 0 Å². The number of nitrogens with two attached hydrogens (primary N) is 1. The quantitative estimate of drug-likeness (QED) is 0.545. The molecule has 0 aromatic heterocycles. The van der Waals surface area contributed by atoms with E-state index in [9.17, 15) is 0 Å². The Labute approximate surface area is 63.0 Å². The van der Waals surface area contributed by atoms with Gasteiger partial charge in [-0.15, -0.1) is 0 Å². The van der Waals surface area contributed by atoms with E-state index in [1.807, 2.05) is 0 Å². The highest BCUT2D eigenvalue weighted by Gasteiger charge is 2.29. The first-order valence-corrected chi connectivity index (χ1v) is 4.62. The van der Waals surface area contributed by atoms with Gasteiger partial charge in [0.1, 0.15) is 0 Å². The Balaban J connectivity index is 2.07. The minimum Gasteiger partial charge on any atom is -0.327 e. The lowest BCUT2D eigenvalue weighted by molar-refractivity contribution is 0.292. The number of hydrogen-bond acceptors (Lipinski definition) is 1. The molecule has 10 heavy (non-hydrogen) atoms. The fraction of sp³-hybridized carbons (Fsp3) is 1.00. The number of hydrogen-bond donors (Lipinski definition) is 1. The van der Waals surface area contributed by atoms with Gasteiger partial charge in [0.05, 0.1) is 0 Å². The Kier molecular flexibility index (Phi) is 1.69. The van der Waals surface area contributed by atoms with Crippen LogP contribution in [-0.2, 0) is 0 Å². The van der Waals surface area contributed by atoms with Gasteiger partial charge in [-0.3, -0.25) is 0 Å². The third-order valence-electron chi connectivity index (χ3n) is 3.41. The van der Waals surface area contributed by atoms with Crippen LogP contribution < -0.4 is 5.73 Å². The van der Waals surface area contributed by atoms with E-state index >= 15 is 0 Å². The van der Waals surface area contributed by atoms with Gasteiger partial charge in [0.2, 0.25) is 0 Å². The third-order valence-corrected chi connectivity index (χ3v) is 3.41. The van der Waals surface area contributed by atoms with Gasteiger partial charge in [-0.2, -0.15) is 0 Å². The van der Waals surface area contributed by atoms with Gasteiger partial charge in [0.25, 0.3) is 0 Å². The van der Waals surface area contributed by atoms with E-state index in [-0.39, 0.29) is 0 Å². The van der Waals surface area contributed by atoms with Gasteiger partial charge in [0, 0.05) is 6.04 Å². The molecular weight excluding hydrogens is 122 g/mol. The van der Waals surface area contributed by atoms with Crippen LogP contribution in [0.3, 0.4) is 0 Å². The SMILES string of the molecule is N[C@H]1CCC2CCC1CC2. The molecule has 0 unspecified atom stereocenters. The summed E-state index contributed by atoms with van der Waals surface area (Å²) in [6.07, 6.45) is 8.50. The molecule has 1 heteroatoms. The Hall–Kier alpha value is -0.0400. The van der Waals surface area contributed by atoms with Gasteiger partial charge >= 0.3 is 0 Å². The Morgan fingerprint density at radius 3 is 2.10 bits per heavy atom. The summed E-state index contributed by atoms with van der Waals surface area (Å²) < 4.78 is 0. The number of fused-ring (bicyclic) bond motifs is 4. The van der Waals surface area contributed by atoms with Gasteiger partial charge in [-0.25, -0.2) is 0 Å². The summed E-state index contributed by atoms with van der Waals surface area (Å²) in [4.78, 5) is 0. The molecule has 3 aliphatic carbocycles. The monoisotopic (exact) mass is 139 g/mol. The van der Waals surface area contributed by atoms with Crippen molar-refractivity contribution in [3.05, 3.63) is 0 Å². The summed E-state index contributed by atoms with van der Waals surface area (Å²) in [7, 11) is 0. The maximum atomic E-state index is 6.02. The van der Waals surface area contributed by atoms with Crippen molar-refractivity contribution >= 4 is 0 Å². The molecule has 2 bridgehead atoms. The topological polar surface area (TPSA) is 26.0 Å². The molecule has 3 fully saturated rings. The van der Waals surface area contributed by atoms with Crippen LogP contribution in [0, 0.1) is 11.8 Å². The highest BCUT2D eigenvalue weighted by molar-refractivity contribution is 4.84.